The standard InChI is InChI=1S/C16H23N5S/c1-20-7-9-21(10-8-20)15-14-13(18-16(17)19-15)11-5-3-2-4-6-12(11)22-14/h2-10H2,1H3,(H2,17,18,19). The highest BCUT2D eigenvalue weighted by Crippen LogP contribution is 2.39. The van der Waals surface area contributed by atoms with E-state index in [2.05, 4.69) is 26.8 Å². The number of nitrogens with two attached hydrogens (primary N) is 1. The molecule has 0 atom stereocenters. The van der Waals surface area contributed by atoms with Crippen LogP contribution in [0.4, 0.5) is 11.8 Å². The first-order valence-corrected chi connectivity index (χ1v) is 9.05. The van der Waals surface area contributed by atoms with Crippen LogP contribution in [0.25, 0.3) is 10.2 Å². The van der Waals surface area contributed by atoms with Crippen LogP contribution in [0.5, 0.6) is 0 Å². The van der Waals surface area contributed by atoms with Gasteiger partial charge in [-0.2, -0.15) is 4.98 Å². The molecule has 2 N–H and O–H groups in total. The van der Waals surface area contributed by atoms with Crippen LogP contribution in [0.15, 0.2) is 0 Å². The molecular formula is C16H23N5S. The molecule has 1 fully saturated rings. The van der Waals surface area contributed by atoms with Crippen LogP contribution in [0.1, 0.15) is 29.7 Å². The van der Waals surface area contributed by atoms with Crippen molar-refractivity contribution in [3.63, 3.8) is 0 Å². The number of rotatable bonds is 1. The lowest BCUT2D eigenvalue weighted by molar-refractivity contribution is 0.312. The second-order valence-electron chi connectivity index (χ2n) is 6.44. The average molecular weight is 317 g/mol. The van der Waals surface area contributed by atoms with E-state index in [1.54, 1.807) is 0 Å². The molecule has 1 aliphatic carbocycles. The number of nitrogen functional groups attached to an aromatic ring is 1. The van der Waals surface area contributed by atoms with Crippen LogP contribution < -0.4 is 10.6 Å². The maximum absolute atomic E-state index is 6.04. The predicted octanol–water partition coefficient (Wildman–Crippen LogP) is 2.29. The van der Waals surface area contributed by atoms with Gasteiger partial charge in [-0.1, -0.05) is 6.42 Å². The van der Waals surface area contributed by atoms with E-state index in [0.717, 1.165) is 43.9 Å². The first-order chi connectivity index (χ1) is 10.7. The summed E-state index contributed by atoms with van der Waals surface area (Å²) >= 11 is 1.91. The highest BCUT2D eigenvalue weighted by molar-refractivity contribution is 7.19. The normalized spacial score (nSPS) is 20.1. The van der Waals surface area contributed by atoms with E-state index in [0.29, 0.717) is 5.95 Å². The van der Waals surface area contributed by atoms with Gasteiger partial charge in [0.1, 0.15) is 0 Å². The second kappa shape index (κ2) is 5.66. The fourth-order valence-corrected chi connectivity index (χ4v) is 4.87. The highest BCUT2D eigenvalue weighted by Gasteiger charge is 2.23. The van der Waals surface area contributed by atoms with Gasteiger partial charge in [0.2, 0.25) is 5.95 Å². The quantitative estimate of drug-likeness (QED) is 0.818. The Balaban J connectivity index is 1.81. The number of likely N-dealkylation sites (N-methyl/N-ethyl adjacent to an activating group) is 1. The number of hydrogen-bond donors (Lipinski definition) is 1. The van der Waals surface area contributed by atoms with Gasteiger partial charge in [0, 0.05) is 31.1 Å². The number of aryl methyl sites for hydroxylation is 2. The fraction of sp³-hybridized carbons (Fsp3) is 0.625. The van der Waals surface area contributed by atoms with Crippen molar-refractivity contribution in [1.29, 1.82) is 0 Å². The summed E-state index contributed by atoms with van der Waals surface area (Å²) in [5.41, 5.74) is 8.61. The van der Waals surface area contributed by atoms with Crippen molar-refractivity contribution in [1.82, 2.24) is 14.9 Å². The average Bonchev–Trinajstić information content (AvgIpc) is 2.70. The molecule has 0 saturated carbocycles. The van der Waals surface area contributed by atoms with Crippen LogP contribution in [-0.2, 0) is 12.8 Å². The van der Waals surface area contributed by atoms with Crippen molar-refractivity contribution >= 4 is 33.3 Å². The van der Waals surface area contributed by atoms with E-state index < -0.39 is 0 Å². The molecule has 0 unspecified atom stereocenters. The van der Waals surface area contributed by atoms with Crippen molar-refractivity contribution in [2.75, 3.05) is 43.9 Å². The molecule has 22 heavy (non-hydrogen) atoms. The SMILES string of the molecule is CN1CCN(c2nc(N)nc3c4c(sc23)CCCCC4)CC1. The van der Waals surface area contributed by atoms with Crippen molar-refractivity contribution in [3.05, 3.63) is 10.4 Å². The number of anilines is 2. The maximum Gasteiger partial charge on any atom is 0.222 e. The monoisotopic (exact) mass is 317 g/mol. The molecule has 4 rings (SSSR count). The number of hydrogen-bond acceptors (Lipinski definition) is 6. The molecule has 0 aromatic carbocycles. The zero-order chi connectivity index (χ0) is 15.1. The molecule has 0 spiro atoms. The Kier molecular flexibility index (Phi) is 3.66. The summed E-state index contributed by atoms with van der Waals surface area (Å²) in [5, 5.41) is 0. The van der Waals surface area contributed by atoms with Gasteiger partial charge in [-0.05, 0) is 38.3 Å². The third-order valence-electron chi connectivity index (χ3n) is 4.85. The highest BCUT2D eigenvalue weighted by atomic mass is 32.1. The smallest absolute Gasteiger partial charge is 0.222 e. The Labute approximate surface area is 135 Å². The minimum Gasteiger partial charge on any atom is -0.368 e. The van der Waals surface area contributed by atoms with E-state index in [9.17, 15) is 0 Å². The van der Waals surface area contributed by atoms with Crippen molar-refractivity contribution in [2.24, 2.45) is 0 Å². The van der Waals surface area contributed by atoms with Crippen LogP contribution in [0.3, 0.4) is 0 Å². The molecule has 118 valence electrons. The summed E-state index contributed by atoms with van der Waals surface area (Å²) in [6.45, 7) is 4.20. The van der Waals surface area contributed by atoms with Crippen LogP contribution in [0, 0.1) is 0 Å². The number of nitrogens with zero attached hydrogens (tertiary/aromatic N) is 4. The lowest BCUT2D eigenvalue weighted by atomic mass is 10.1. The summed E-state index contributed by atoms with van der Waals surface area (Å²) in [6.07, 6.45) is 6.24. The van der Waals surface area contributed by atoms with Gasteiger partial charge in [0.05, 0.1) is 10.2 Å². The zero-order valence-corrected chi connectivity index (χ0v) is 14.0. The van der Waals surface area contributed by atoms with E-state index in [1.807, 2.05) is 11.3 Å². The molecule has 3 heterocycles. The molecule has 0 amide bonds. The van der Waals surface area contributed by atoms with Gasteiger partial charge in [0.15, 0.2) is 5.82 Å². The second-order valence-corrected chi connectivity index (χ2v) is 7.54. The first-order valence-electron chi connectivity index (χ1n) is 8.23. The van der Waals surface area contributed by atoms with Gasteiger partial charge >= 0.3 is 0 Å². The minimum absolute atomic E-state index is 0.422. The minimum atomic E-state index is 0.422. The topological polar surface area (TPSA) is 58.3 Å². The molecular weight excluding hydrogens is 294 g/mol. The number of aromatic nitrogens is 2. The fourth-order valence-electron chi connectivity index (χ4n) is 3.53. The molecule has 0 bridgehead atoms. The molecule has 1 aliphatic heterocycles. The third kappa shape index (κ3) is 2.44. The summed E-state index contributed by atoms with van der Waals surface area (Å²) in [5.74, 6) is 1.49. The van der Waals surface area contributed by atoms with E-state index in [4.69, 9.17) is 5.73 Å². The summed E-state index contributed by atoms with van der Waals surface area (Å²) in [7, 11) is 2.18. The maximum atomic E-state index is 6.04. The van der Waals surface area contributed by atoms with Gasteiger partial charge in [0.25, 0.3) is 0 Å². The Morgan fingerprint density at radius 3 is 2.59 bits per heavy atom. The summed E-state index contributed by atoms with van der Waals surface area (Å²) < 4.78 is 1.26. The van der Waals surface area contributed by atoms with Gasteiger partial charge < -0.3 is 15.5 Å². The Morgan fingerprint density at radius 1 is 1.00 bits per heavy atom. The summed E-state index contributed by atoms with van der Waals surface area (Å²) in [4.78, 5) is 15.5. The van der Waals surface area contributed by atoms with Crippen molar-refractivity contribution in [3.8, 4) is 0 Å². The van der Waals surface area contributed by atoms with Crippen LogP contribution in [0.2, 0.25) is 0 Å². The molecule has 6 heteroatoms. The molecule has 2 aliphatic rings. The number of fused-ring (bicyclic) bond motifs is 3. The van der Waals surface area contributed by atoms with Gasteiger partial charge in [-0.15, -0.1) is 11.3 Å². The Bertz CT molecular complexity index is 687. The van der Waals surface area contributed by atoms with E-state index in [1.165, 1.54) is 40.8 Å². The summed E-state index contributed by atoms with van der Waals surface area (Å²) in [6, 6.07) is 0. The first kappa shape index (κ1) is 14.2. The largest absolute Gasteiger partial charge is 0.368 e. The van der Waals surface area contributed by atoms with E-state index in [-0.39, 0.29) is 0 Å². The predicted molar refractivity (Wildman–Crippen MR) is 92.8 cm³/mol. The number of thiophene rings is 1. The van der Waals surface area contributed by atoms with Crippen molar-refractivity contribution in [2.45, 2.75) is 32.1 Å². The Hall–Kier alpha value is -1.40. The molecule has 5 nitrogen and oxygen atoms in total. The van der Waals surface area contributed by atoms with Crippen LogP contribution >= 0.6 is 11.3 Å². The van der Waals surface area contributed by atoms with E-state index >= 15 is 0 Å². The van der Waals surface area contributed by atoms with Crippen LogP contribution in [-0.4, -0.2) is 48.1 Å². The van der Waals surface area contributed by atoms with Gasteiger partial charge in [-0.25, -0.2) is 4.98 Å². The lowest BCUT2D eigenvalue weighted by Crippen LogP contribution is -2.44. The molecule has 2 aromatic heterocycles. The third-order valence-corrected chi connectivity index (χ3v) is 6.12. The molecule has 2 aromatic rings. The number of piperazine rings is 1. The molecule has 0 radical (unpaired) electrons. The molecule has 1 saturated heterocycles. The lowest BCUT2D eigenvalue weighted by Gasteiger charge is -2.33. The van der Waals surface area contributed by atoms with Crippen molar-refractivity contribution < 1.29 is 0 Å². The van der Waals surface area contributed by atoms with Gasteiger partial charge in [-0.3, -0.25) is 0 Å². The Morgan fingerprint density at radius 2 is 1.77 bits per heavy atom. The zero-order valence-electron chi connectivity index (χ0n) is 13.1.